The minimum atomic E-state index is -0.440. The fourth-order valence-corrected chi connectivity index (χ4v) is 5.76. The lowest BCUT2D eigenvalue weighted by Gasteiger charge is -2.35. The quantitative estimate of drug-likeness (QED) is 0.0789. The minimum absolute atomic E-state index is 0.220. The highest BCUT2D eigenvalue weighted by atomic mass is 32.1. The van der Waals surface area contributed by atoms with Crippen LogP contribution in [-0.4, -0.2) is 87.0 Å². The van der Waals surface area contributed by atoms with E-state index in [1.807, 2.05) is 0 Å². The van der Waals surface area contributed by atoms with Crippen LogP contribution in [0.1, 0.15) is 57.8 Å². The van der Waals surface area contributed by atoms with Crippen molar-refractivity contribution in [2.45, 2.75) is 69.9 Å². The molecule has 41 heavy (non-hydrogen) atoms. The van der Waals surface area contributed by atoms with Crippen LogP contribution in [0.2, 0.25) is 0 Å². The normalized spacial score (nSPS) is 22.0. The second-order valence-electron chi connectivity index (χ2n) is 10.4. The van der Waals surface area contributed by atoms with Gasteiger partial charge in [0.25, 0.3) is 0 Å². The van der Waals surface area contributed by atoms with E-state index in [0.717, 1.165) is 49.7 Å². The van der Waals surface area contributed by atoms with Crippen molar-refractivity contribution >= 4 is 46.6 Å². The number of hydrogen-bond donors (Lipinski definition) is 4. The Bertz CT molecular complexity index is 764. The van der Waals surface area contributed by atoms with Gasteiger partial charge in [-0.3, -0.25) is 0 Å². The van der Waals surface area contributed by atoms with Gasteiger partial charge in [-0.25, -0.2) is 9.59 Å². The smallest absolute Gasteiger partial charge is 0.330 e. The van der Waals surface area contributed by atoms with Gasteiger partial charge in [0.15, 0.2) is 10.2 Å². The molecule has 4 N–H and O–H groups in total. The van der Waals surface area contributed by atoms with E-state index in [2.05, 4.69) is 34.4 Å². The maximum Gasteiger partial charge on any atom is 0.330 e. The Morgan fingerprint density at radius 1 is 0.634 bits per heavy atom. The van der Waals surface area contributed by atoms with Crippen molar-refractivity contribution in [2.75, 3.05) is 52.7 Å². The first-order valence-electron chi connectivity index (χ1n) is 14.7. The molecule has 232 valence electrons. The van der Waals surface area contributed by atoms with E-state index in [9.17, 15) is 9.59 Å². The van der Waals surface area contributed by atoms with Crippen LogP contribution in [0.5, 0.6) is 0 Å². The lowest BCUT2D eigenvalue weighted by atomic mass is 9.76. The number of thiocarbonyl (C=S) groups is 2. The molecule has 2 aliphatic rings. The topological polar surface area (TPSA) is 119 Å². The lowest BCUT2D eigenvalue weighted by molar-refractivity contribution is -0.140. The zero-order valence-corrected chi connectivity index (χ0v) is 25.8. The number of hydrogen-bond acceptors (Lipinski definition) is 8. The first kappa shape index (κ1) is 34.9. The average molecular weight is 613 g/mol. The molecule has 0 atom stereocenters. The molecule has 0 spiro atoms. The number of carbonyl (C=O) groups excluding carboxylic acids is 2. The van der Waals surface area contributed by atoms with Crippen molar-refractivity contribution in [1.29, 1.82) is 0 Å². The van der Waals surface area contributed by atoms with Gasteiger partial charge in [0.05, 0.1) is 26.4 Å². The maximum absolute atomic E-state index is 11.0. The molecule has 0 radical (unpaired) electrons. The van der Waals surface area contributed by atoms with Crippen LogP contribution < -0.4 is 21.3 Å². The van der Waals surface area contributed by atoms with Crippen LogP contribution in [0.15, 0.2) is 25.3 Å². The van der Waals surface area contributed by atoms with E-state index in [1.165, 1.54) is 32.1 Å². The summed E-state index contributed by atoms with van der Waals surface area (Å²) in [6.07, 6.45) is 13.2. The SMILES string of the molecule is C=CC(=O)OCCOCCNC(=S)NC1CCC(CC2CCC(NC(=S)NCCOCCOC(=O)C=C)CC2)CC1. The first-order valence-corrected chi connectivity index (χ1v) is 15.5. The van der Waals surface area contributed by atoms with Crippen LogP contribution >= 0.6 is 24.4 Å². The van der Waals surface area contributed by atoms with Crippen LogP contribution in [-0.2, 0) is 28.5 Å². The molecule has 2 aliphatic carbocycles. The molecule has 2 fully saturated rings. The molecular formula is C29H48N4O6S2. The molecule has 0 amide bonds. The van der Waals surface area contributed by atoms with Gasteiger partial charge in [0, 0.05) is 37.3 Å². The summed E-state index contributed by atoms with van der Waals surface area (Å²) in [6.45, 7) is 10.1. The van der Waals surface area contributed by atoms with Crippen molar-refractivity contribution in [3.63, 3.8) is 0 Å². The molecule has 0 aromatic rings. The summed E-state index contributed by atoms with van der Waals surface area (Å²) >= 11 is 10.9. The predicted octanol–water partition coefficient (Wildman–Crippen LogP) is 2.91. The highest BCUT2D eigenvalue weighted by Gasteiger charge is 2.27. The van der Waals surface area contributed by atoms with Gasteiger partial charge < -0.3 is 40.2 Å². The molecule has 0 aromatic heterocycles. The molecule has 12 heteroatoms. The second-order valence-corrected chi connectivity index (χ2v) is 11.3. The monoisotopic (exact) mass is 612 g/mol. The summed E-state index contributed by atoms with van der Waals surface area (Å²) < 4.78 is 20.6. The van der Waals surface area contributed by atoms with Crippen LogP contribution in [0.4, 0.5) is 0 Å². The van der Waals surface area contributed by atoms with E-state index in [-0.39, 0.29) is 13.2 Å². The molecule has 2 rings (SSSR count). The third-order valence-electron chi connectivity index (χ3n) is 7.37. The van der Waals surface area contributed by atoms with Gasteiger partial charge in [0.2, 0.25) is 0 Å². The predicted molar refractivity (Wildman–Crippen MR) is 168 cm³/mol. The van der Waals surface area contributed by atoms with Crippen molar-refractivity contribution in [3.05, 3.63) is 25.3 Å². The Labute approximate surface area is 255 Å². The van der Waals surface area contributed by atoms with Crippen molar-refractivity contribution in [3.8, 4) is 0 Å². The molecule has 0 unspecified atom stereocenters. The molecule has 0 heterocycles. The van der Waals surface area contributed by atoms with Gasteiger partial charge in [-0.1, -0.05) is 13.2 Å². The summed E-state index contributed by atoms with van der Waals surface area (Å²) in [5.41, 5.74) is 0. The van der Waals surface area contributed by atoms with Crippen molar-refractivity contribution in [1.82, 2.24) is 21.3 Å². The van der Waals surface area contributed by atoms with Crippen molar-refractivity contribution in [2.24, 2.45) is 11.8 Å². The Hall–Kier alpha value is -2.28. The Balaban J connectivity index is 1.45. The largest absolute Gasteiger partial charge is 0.460 e. The standard InChI is InChI=1S/C29H48N4O6S2/c1-3-26(34)38-19-17-36-15-13-30-28(40)32-24-9-5-22(6-10-24)21-23-7-11-25(12-8-23)33-29(41)31-14-16-37-18-20-39-27(35)4-2/h3-4,22-25H,1-2,5-21H2,(H2,30,32,40)(H2,31,33,41). The van der Waals surface area contributed by atoms with Crippen LogP contribution in [0.25, 0.3) is 0 Å². The zero-order chi connectivity index (χ0) is 29.7. The number of carbonyl (C=O) groups is 2. The van der Waals surface area contributed by atoms with E-state index in [1.54, 1.807) is 0 Å². The summed E-state index contributed by atoms with van der Waals surface area (Å²) in [5.74, 6) is 0.723. The number of nitrogens with one attached hydrogen (secondary N) is 4. The third-order valence-corrected chi connectivity index (χ3v) is 7.90. The van der Waals surface area contributed by atoms with Crippen molar-refractivity contribution < 1.29 is 28.5 Å². The van der Waals surface area contributed by atoms with E-state index < -0.39 is 11.9 Å². The highest BCUT2D eigenvalue weighted by Crippen LogP contribution is 2.35. The van der Waals surface area contributed by atoms with Crippen LogP contribution in [0.3, 0.4) is 0 Å². The van der Waals surface area contributed by atoms with Gasteiger partial charge in [-0.15, -0.1) is 0 Å². The lowest BCUT2D eigenvalue weighted by Crippen LogP contribution is -2.45. The average Bonchev–Trinajstić information content (AvgIpc) is 2.97. The van der Waals surface area contributed by atoms with Crippen LogP contribution in [0, 0.1) is 11.8 Å². The highest BCUT2D eigenvalue weighted by molar-refractivity contribution is 7.80. The zero-order valence-electron chi connectivity index (χ0n) is 24.2. The third kappa shape index (κ3) is 16.7. The summed E-state index contributed by atoms with van der Waals surface area (Å²) in [5, 5.41) is 14.6. The summed E-state index contributed by atoms with van der Waals surface area (Å²) in [7, 11) is 0. The molecule has 0 saturated heterocycles. The molecule has 0 aromatic carbocycles. The second kappa shape index (κ2) is 21.4. The minimum Gasteiger partial charge on any atom is -0.460 e. The molecule has 2 saturated carbocycles. The molecular weight excluding hydrogens is 564 g/mol. The van der Waals surface area contributed by atoms with Gasteiger partial charge >= 0.3 is 11.9 Å². The Morgan fingerprint density at radius 3 is 1.39 bits per heavy atom. The number of esters is 2. The number of ether oxygens (including phenoxy) is 4. The number of rotatable bonds is 18. The molecule has 0 aliphatic heterocycles. The summed E-state index contributed by atoms with van der Waals surface area (Å²) in [6, 6.07) is 0.859. The van der Waals surface area contributed by atoms with E-state index in [4.69, 9.17) is 43.4 Å². The van der Waals surface area contributed by atoms with E-state index in [0.29, 0.717) is 61.8 Å². The molecule has 10 nitrogen and oxygen atoms in total. The maximum atomic E-state index is 11.0. The Morgan fingerprint density at radius 2 is 1.02 bits per heavy atom. The Kier molecular flexibility index (Phi) is 18.2. The molecule has 0 bridgehead atoms. The van der Waals surface area contributed by atoms with Gasteiger partial charge in [-0.05, 0) is 94.1 Å². The fraction of sp³-hybridized carbons (Fsp3) is 0.724. The van der Waals surface area contributed by atoms with Gasteiger partial charge in [-0.2, -0.15) is 0 Å². The van der Waals surface area contributed by atoms with Gasteiger partial charge in [0.1, 0.15) is 13.2 Å². The van der Waals surface area contributed by atoms with E-state index >= 15 is 0 Å². The first-order chi connectivity index (χ1) is 19.9. The summed E-state index contributed by atoms with van der Waals surface area (Å²) in [4.78, 5) is 21.9. The fourth-order valence-electron chi connectivity index (χ4n) is 5.23.